The van der Waals surface area contributed by atoms with E-state index in [0.717, 1.165) is 15.6 Å². The number of benzene rings is 2. The molecule has 0 radical (unpaired) electrons. The van der Waals surface area contributed by atoms with Crippen molar-refractivity contribution < 1.29 is 9.50 Å². The molecule has 0 saturated carbocycles. The van der Waals surface area contributed by atoms with Gasteiger partial charge in [-0.1, -0.05) is 45.8 Å². The van der Waals surface area contributed by atoms with Gasteiger partial charge in [0.05, 0.1) is 6.10 Å². The van der Waals surface area contributed by atoms with E-state index in [0.29, 0.717) is 5.56 Å². The molecule has 20 heavy (non-hydrogen) atoms. The third kappa shape index (κ3) is 3.26. The highest BCUT2D eigenvalue weighted by atomic mass is 79.9. The molecule has 2 aromatic carbocycles. The van der Waals surface area contributed by atoms with Gasteiger partial charge in [-0.25, -0.2) is 4.39 Å². The highest BCUT2D eigenvalue weighted by Gasteiger charge is 2.24. The van der Waals surface area contributed by atoms with Gasteiger partial charge < -0.3 is 10.8 Å². The summed E-state index contributed by atoms with van der Waals surface area (Å²) < 4.78 is 14.8. The Morgan fingerprint density at radius 2 is 2.00 bits per heavy atom. The van der Waals surface area contributed by atoms with E-state index in [1.54, 1.807) is 12.1 Å². The fourth-order valence-corrected chi connectivity index (χ4v) is 2.71. The molecule has 0 aliphatic carbocycles. The second kappa shape index (κ2) is 6.48. The van der Waals surface area contributed by atoms with E-state index in [1.165, 1.54) is 6.07 Å². The van der Waals surface area contributed by atoms with Crippen molar-refractivity contribution in [2.45, 2.75) is 18.9 Å². The summed E-state index contributed by atoms with van der Waals surface area (Å²) in [5.74, 6) is -0.750. The summed E-state index contributed by atoms with van der Waals surface area (Å²) >= 11 is 3.39. The minimum absolute atomic E-state index is 0.241. The minimum atomic E-state index is -0.964. The van der Waals surface area contributed by atoms with Crippen molar-refractivity contribution in [2.24, 2.45) is 5.73 Å². The molecule has 2 nitrogen and oxygen atoms in total. The Labute approximate surface area is 126 Å². The van der Waals surface area contributed by atoms with Gasteiger partial charge >= 0.3 is 0 Å². The smallest absolute Gasteiger partial charge is 0.129 e. The van der Waals surface area contributed by atoms with Gasteiger partial charge in [-0.3, -0.25) is 0 Å². The molecule has 2 rings (SSSR count). The Kier molecular flexibility index (Phi) is 4.91. The van der Waals surface area contributed by atoms with E-state index < -0.39 is 11.9 Å². The van der Waals surface area contributed by atoms with Crippen molar-refractivity contribution >= 4 is 15.9 Å². The molecule has 0 amide bonds. The Balaban J connectivity index is 2.38. The molecule has 0 aromatic heterocycles. The summed E-state index contributed by atoms with van der Waals surface area (Å²) in [6.07, 6.45) is -0.964. The van der Waals surface area contributed by atoms with Crippen molar-refractivity contribution in [3.8, 4) is 0 Å². The summed E-state index contributed by atoms with van der Waals surface area (Å²) in [5.41, 5.74) is 7.87. The molecule has 106 valence electrons. The van der Waals surface area contributed by atoms with E-state index in [2.05, 4.69) is 15.9 Å². The highest BCUT2D eigenvalue weighted by molar-refractivity contribution is 9.10. The first-order chi connectivity index (χ1) is 9.52. The van der Waals surface area contributed by atoms with Gasteiger partial charge in [0.25, 0.3) is 0 Å². The third-order valence-electron chi connectivity index (χ3n) is 3.38. The number of halogens is 2. The lowest BCUT2D eigenvalue weighted by Gasteiger charge is -2.23. The Hall–Kier alpha value is -1.23. The van der Waals surface area contributed by atoms with Crippen LogP contribution in [-0.2, 0) is 0 Å². The maximum atomic E-state index is 13.9. The van der Waals surface area contributed by atoms with Crippen molar-refractivity contribution in [3.05, 3.63) is 69.4 Å². The average molecular weight is 338 g/mol. The molecular formula is C16H17BrFNO. The Morgan fingerprint density at radius 3 is 2.65 bits per heavy atom. The largest absolute Gasteiger partial charge is 0.388 e. The summed E-state index contributed by atoms with van der Waals surface area (Å²) in [6, 6.07) is 12.3. The number of aryl methyl sites for hydroxylation is 1. The highest BCUT2D eigenvalue weighted by Crippen LogP contribution is 2.33. The van der Waals surface area contributed by atoms with Crippen LogP contribution in [-0.4, -0.2) is 11.7 Å². The standard InChI is InChI=1S/C16H17BrFNO/c1-10-5-6-15(18)13(7-10)16(20)14(9-19)11-3-2-4-12(17)8-11/h2-8,14,16,20H,9,19H2,1H3. The van der Waals surface area contributed by atoms with E-state index in [1.807, 2.05) is 31.2 Å². The van der Waals surface area contributed by atoms with Crippen LogP contribution in [0.4, 0.5) is 4.39 Å². The van der Waals surface area contributed by atoms with Gasteiger partial charge in [0, 0.05) is 22.5 Å². The van der Waals surface area contributed by atoms with E-state index in [4.69, 9.17) is 5.73 Å². The molecule has 0 fully saturated rings. The monoisotopic (exact) mass is 337 g/mol. The average Bonchev–Trinajstić information content (AvgIpc) is 2.42. The summed E-state index contributed by atoms with van der Waals surface area (Å²) in [5, 5.41) is 10.5. The molecule has 4 heteroatoms. The maximum absolute atomic E-state index is 13.9. The van der Waals surface area contributed by atoms with Gasteiger partial charge in [0.2, 0.25) is 0 Å². The molecule has 2 unspecified atom stereocenters. The normalized spacial score (nSPS) is 14.1. The van der Waals surface area contributed by atoms with Crippen LogP contribution in [0.15, 0.2) is 46.9 Å². The zero-order valence-electron chi connectivity index (χ0n) is 11.2. The molecule has 0 aliphatic rings. The van der Waals surface area contributed by atoms with Crippen LogP contribution >= 0.6 is 15.9 Å². The van der Waals surface area contributed by atoms with Crippen molar-refractivity contribution in [1.29, 1.82) is 0 Å². The van der Waals surface area contributed by atoms with E-state index in [9.17, 15) is 9.50 Å². The SMILES string of the molecule is Cc1ccc(F)c(C(O)C(CN)c2cccc(Br)c2)c1. The first-order valence-electron chi connectivity index (χ1n) is 6.42. The second-order valence-corrected chi connectivity index (χ2v) is 5.78. The number of nitrogens with two attached hydrogens (primary N) is 1. The predicted molar refractivity (Wildman–Crippen MR) is 82.0 cm³/mol. The number of aliphatic hydroxyl groups excluding tert-OH is 1. The molecule has 2 atom stereocenters. The first-order valence-corrected chi connectivity index (χ1v) is 7.22. The topological polar surface area (TPSA) is 46.2 Å². The second-order valence-electron chi connectivity index (χ2n) is 4.87. The van der Waals surface area contributed by atoms with Gasteiger partial charge in [0.15, 0.2) is 0 Å². The van der Waals surface area contributed by atoms with Gasteiger partial charge in [-0.2, -0.15) is 0 Å². The van der Waals surface area contributed by atoms with E-state index >= 15 is 0 Å². The van der Waals surface area contributed by atoms with Crippen LogP contribution in [0.3, 0.4) is 0 Å². The van der Waals surface area contributed by atoms with Crippen LogP contribution in [0.1, 0.15) is 28.7 Å². The molecule has 0 aliphatic heterocycles. The molecule has 0 spiro atoms. The zero-order chi connectivity index (χ0) is 14.7. The molecule has 0 heterocycles. The number of hydrogen-bond acceptors (Lipinski definition) is 2. The lowest BCUT2D eigenvalue weighted by atomic mass is 9.88. The van der Waals surface area contributed by atoms with Gasteiger partial charge in [0.1, 0.15) is 5.82 Å². The van der Waals surface area contributed by atoms with Gasteiger partial charge in [-0.05, 0) is 30.7 Å². The number of hydrogen-bond donors (Lipinski definition) is 2. The predicted octanol–water partition coefficient (Wildman–Crippen LogP) is 3.67. The van der Waals surface area contributed by atoms with Crippen molar-refractivity contribution in [2.75, 3.05) is 6.54 Å². The lowest BCUT2D eigenvalue weighted by Crippen LogP contribution is -2.21. The van der Waals surface area contributed by atoms with E-state index in [-0.39, 0.29) is 12.5 Å². The van der Waals surface area contributed by atoms with Crippen LogP contribution in [0, 0.1) is 12.7 Å². The number of rotatable bonds is 4. The zero-order valence-corrected chi connectivity index (χ0v) is 12.8. The summed E-state index contributed by atoms with van der Waals surface area (Å²) in [7, 11) is 0. The summed E-state index contributed by atoms with van der Waals surface area (Å²) in [4.78, 5) is 0. The van der Waals surface area contributed by atoms with Gasteiger partial charge in [-0.15, -0.1) is 0 Å². The molecule has 3 N–H and O–H groups in total. The quantitative estimate of drug-likeness (QED) is 0.893. The molecule has 0 bridgehead atoms. The Morgan fingerprint density at radius 1 is 1.25 bits per heavy atom. The summed E-state index contributed by atoms with van der Waals surface area (Å²) in [6.45, 7) is 2.11. The third-order valence-corrected chi connectivity index (χ3v) is 3.88. The molecule has 2 aromatic rings. The molecule has 0 saturated heterocycles. The fourth-order valence-electron chi connectivity index (χ4n) is 2.29. The van der Waals surface area contributed by atoms with Crippen LogP contribution < -0.4 is 5.73 Å². The number of aliphatic hydroxyl groups is 1. The lowest BCUT2D eigenvalue weighted by molar-refractivity contribution is 0.143. The van der Waals surface area contributed by atoms with Crippen LogP contribution in [0.5, 0.6) is 0 Å². The Bertz CT molecular complexity index is 603. The van der Waals surface area contributed by atoms with Crippen LogP contribution in [0.25, 0.3) is 0 Å². The maximum Gasteiger partial charge on any atom is 0.129 e. The van der Waals surface area contributed by atoms with Crippen molar-refractivity contribution in [1.82, 2.24) is 0 Å². The minimum Gasteiger partial charge on any atom is -0.388 e. The van der Waals surface area contributed by atoms with Crippen molar-refractivity contribution in [3.63, 3.8) is 0 Å². The van der Waals surface area contributed by atoms with Crippen LogP contribution in [0.2, 0.25) is 0 Å². The fraction of sp³-hybridized carbons (Fsp3) is 0.250. The first kappa shape index (κ1) is 15.2. The molecular weight excluding hydrogens is 321 g/mol.